The molecule has 0 aliphatic rings. The molecule has 1 heterocycles. The number of hydrogen-bond acceptors (Lipinski definition) is 4. The molecule has 0 spiro atoms. The zero-order chi connectivity index (χ0) is 16.7. The van der Waals surface area contributed by atoms with Crippen LogP contribution in [0.4, 0.5) is 0 Å². The summed E-state index contributed by atoms with van der Waals surface area (Å²) in [6.45, 7) is 2.71. The molecule has 2 rings (SSSR count). The van der Waals surface area contributed by atoms with Crippen LogP contribution < -0.4 is 16.2 Å². The van der Waals surface area contributed by atoms with E-state index in [4.69, 9.17) is 0 Å². The van der Waals surface area contributed by atoms with E-state index in [1.807, 2.05) is 13.0 Å². The minimum atomic E-state index is -0.281. The Morgan fingerprint density at radius 1 is 1.17 bits per heavy atom. The Balaban J connectivity index is 1.88. The summed E-state index contributed by atoms with van der Waals surface area (Å²) >= 11 is 0. The second-order valence-corrected chi connectivity index (χ2v) is 5.14. The highest BCUT2D eigenvalue weighted by Gasteiger charge is 2.07. The minimum absolute atomic E-state index is 0.0519. The van der Waals surface area contributed by atoms with Crippen LogP contribution in [0, 0.1) is 0 Å². The Morgan fingerprint density at radius 3 is 2.74 bits per heavy atom. The zero-order valence-electron chi connectivity index (χ0n) is 13.0. The molecule has 0 unspecified atom stereocenters. The van der Waals surface area contributed by atoms with Gasteiger partial charge >= 0.3 is 0 Å². The molecule has 2 amide bonds. The summed E-state index contributed by atoms with van der Waals surface area (Å²) in [6, 6.07) is 7.07. The van der Waals surface area contributed by atoms with Gasteiger partial charge in [-0.3, -0.25) is 19.0 Å². The Hall–Kier alpha value is -2.70. The van der Waals surface area contributed by atoms with Crippen LogP contribution in [-0.4, -0.2) is 34.5 Å². The highest BCUT2D eigenvalue weighted by molar-refractivity contribution is 5.84. The predicted molar refractivity (Wildman–Crippen MR) is 86.9 cm³/mol. The normalized spacial score (nSPS) is 10.5. The average Bonchev–Trinajstić information content (AvgIpc) is 2.57. The molecule has 23 heavy (non-hydrogen) atoms. The van der Waals surface area contributed by atoms with Crippen LogP contribution >= 0.6 is 0 Å². The summed E-state index contributed by atoms with van der Waals surface area (Å²) in [6.07, 6.45) is 2.39. The van der Waals surface area contributed by atoms with Gasteiger partial charge < -0.3 is 10.6 Å². The fraction of sp³-hybridized carbons (Fsp3) is 0.375. The Kier molecular flexibility index (Phi) is 5.85. The van der Waals surface area contributed by atoms with Gasteiger partial charge in [0, 0.05) is 19.5 Å². The number of aryl methyl sites for hydroxylation is 1. The van der Waals surface area contributed by atoms with E-state index in [0.717, 1.165) is 6.42 Å². The van der Waals surface area contributed by atoms with E-state index in [0.29, 0.717) is 17.4 Å². The molecule has 0 bridgehead atoms. The number of aromatic nitrogens is 2. The van der Waals surface area contributed by atoms with E-state index >= 15 is 0 Å². The number of fused-ring (bicyclic) bond motifs is 1. The van der Waals surface area contributed by atoms with Gasteiger partial charge in [-0.05, 0) is 18.6 Å². The van der Waals surface area contributed by atoms with Crippen molar-refractivity contribution in [3.8, 4) is 0 Å². The van der Waals surface area contributed by atoms with E-state index in [2.05, 4.69) is 15.6 Å². The van der Waals surface area contributed by atoms with Crippen molar-refractivity contribution in [2.75, 3.05) is 13.1 Å². The van der Waals surface area contributed by atoms with Crippen LogP contribution in [0.15, 0.2) is 35.4 Å². The van der Waals surface area contributed by atoms with Crippen LogP contribution in [0.5, 0.6) is 0 Å². The van der Waals surface area contributed by atoms with Crippen molar-refractivity contribution in [3.05, 3.63) is 40.9 Å². The summed E-state index contributed by atoms with van der Waals surface area (Å²) < 4.78 is 1.40. The molecule has 122 valence electrons. The first-order valence-corrected chi connectivity index (χ1v) is 7.59. The van der Waals surface area contributed by atoms with Gasteiger partial charge in [-0.25, -0.2) is 4.98 Å². The first-order valence-electron chi connectivity index (χ1n) is 7.59. The number of benzene rings is 1. The molecule has 2 N–H and O–H groups in total. The number of para-hydroxylation sites is 1. The molecular formula is C16H20N4O3. The lowest BCUT2D eigenvalue weighted by Crippen LogP contribution is -2.37. The van der Waals surface area contributed by atoms with Gasteiger partial charge in [0.25, 0.3) is 5.56 Å². The third-order valence-corrected chi connectivity index (χ3v) is 3.33. The number of carbonyl (C=O) groups is 2. The highest BCUT2D eigenvalue weighted by Crippen LogP contribution is 2.04. The molecule has 0 aliphatic carbocycles. The summed E-state index contributed by atoms with van der Waals surface area (Å²) in [7, 11) is 0. The Labute approximate surface area is 133 Å². The largest absolute Gasteiger partial charge is 0.355 e. The first kappa shape index (κ1) is 16.7. The van der Waals surface area contributed by atoms with E-state index in [1.165, 1.54) is 10.9 Å². The summed E-state index contributed by atoms with van der Waals surface area (Å²) in [5, 5.41) is 5.73. The van der Waals surface area contributed by atoms with Crippen LogP contribution in [0.25, 0.3) is 10.9 Å². The molecule has 0 radical (unpaired) electrons. The number of nitrogens with one attached hydrogen (secondary N) is 2. The predicted octanol–water partition coefficient (Wildman–Crippen LogP) is 0.429. The minimum Gasteiger partial charge on any atom is -0.355 e. The van der Waals surface area contributed by atoms with E-state index < -0.39 is 0 Å². The van der Waals surface area contributed by atoms with Gasteiger partial charge in [0.15, 0.2) is 0 Å². The standard InChI is InChI=1S/C16H20N4O3/c1-2-8-17-15(22)10-18-14(21)7-9-20-11-19-13-6-4-3-5-12(13)16(20)23/h3-6,11H,2,7-10H2,1H3,(H,17,22)(H,18,21). The monoisotopic (exact) mass is 316 g/mol. The van der Waals surface area contributed by atoms with Crippen molar-refractivity contribution >= 4 is 22.7 Å². The van der Waals surface area contributed by atoms with E-state index in [9.17, 15) is 14.4 Å². The average molecular weight is 316 g/mol. The number of amides is 2. The fourth-order valence-electron chi connectivity index (χ4n) is 2.08. The fourth-order valence-corrected chi connectivity index (χ4v) is 2.08. The molecule has 0 saturated carbocycles. The van der Waals surface area contributed by atoms with Crippen molar-refractivity contribution in [1.82, 2.24) is 20.2 Å². The lowest BCUT2D eigenvalue weighted by molar-refractivity contribution is -0.126. The smallest absolute Gasteiger partial charge is 0.261 e. The van der Waals surface area contributed by atoms with Crippen molar-refractivity contribution in [3.63, 3.8) is 0 Å². The molecule has 7 heteroatoms. The van der Waals surface area contributed by atoms with Gasteiger partial charge in [-0.1, -0.05) is 19.1 Å². The summed E-state index contributed by atoms with van der Waals surface area (Å²) in [4.78, 5) is 39.6. The molecule has 0 aliphatic heterocycles. The number of rotatable bonds is 7. The molecule has 0 fully saturated rings. The van der Waals surface area contributed by atoms with Crippen molar-refractivity contribution < 1.29 is 9.59 Å². The van der Waals surface area contributed by atoms with Crippen LogP contribution in [0.1, 0.15) is 19.8 Å². The quantitative estimate of drug-likeness (QED) is 0.774. The van der Waals surface area contributed by atoms with Crippen LogP contribution in [0.3, 0.4) is 0 Å². The second kappa shape index (κ2) is 8.07. The number of carbonyl (C=O) groups excluding carboxylic acids is 2. The Morgan fingerprint density at radius 2 is 1.96 bits per heavy atom. The lowest BCUT2D eigenvalue weighted by Gasteiger charge is -2.08. The van der Waals surface area contributed by atoms with Gasteiger partial charge in [0.1, 0.15) is 0 Å². The zero-order valence-corrected chi connectivity index (χ0v) is 13.0. The molecule has 7 nitrogen and oxygen atoms in total. The van der Waals surface area contributed by atoms with E-state index in [1.54, 1.807) is 18.2 Å². The molecule has 1 aromatic heterocycles. The number of nitrogens with zero attached hydrogens (tertiary/aromatic N) is 2. The lowest BCUT2D eigenvalue weighted by atomic mass is 10.2. The van der Waals surface area contributed by atoms with Crippen LogP contribution in [-0.2, 0) is 16.1 Å². The SMILES string of the molecule is CCCNC(=O)CNC(=O)CCn1cnc2ccccc2c1=O. The van der Waals surface area contributed by atoms with Crippen molar-refractivity contribution in [2.45, 2.75) is 26.3 Å². The third kappa shape index (κ3) is 4.64. The molecule has 1 aromatic carbocycles. The maximum absolute atomic E-state index is 12.3. The summed E-state index contributed by atoms with van der Waals surface area (Å²) in [5.74, 6) is -0.499. The van der Waals surface area contributed by atoms with Crippen LogP contribution in [0.2, 0.25) is 0 Å². The maximum Gasteiger partial charge on any atom is 0.261 e. The third-order valence-electron chi connectivity index (χ3n) is 3.33. The molecule has 2 aromatic rings. The van der Waals surface area contributed by atoms with Gasteiger partial charge in [-0.15, -0.1) is 0 Å². The maximum atomic E-state index is 12.3. The second-order valence-electron chi connectivity index (χ2n) is 5.14. The van der Waals surface area contributed by atoms with Gasteiger partial charge in [0.05, 0.1) is 23.8 Å². The van der Waals surface area contributed by atoms with Crippen molar-refractivity contribution in [1.29, 1.82) is 0 Å². The topological polar surface area (TPSA) is 93.1 Å². The van der Waals surface area contributed by atoms with Crippen molar-refractivity contribution in [2.24, 2.45) is 0 Å². The molecular weight excluding hydrogens is 296 g/mol. The highest BCUT2D eigenvalue weighted by atomic mass is 16.2. The van der Waals surface area contributed by atoms with Gasteiger partial charge in [-0.2, -0.15) is 0 Å². The molecule has 0 atom stereocenters. The molecule has 0 saturated heterocycles. The first-order chi connectivity index (χ1) is 11.1. The van der Waals surface area contributed by atoms with E-state index in [-0.39, 0.29) is 36.9 Å². The Bertz CT molecular complexity index is 754. The van der Waals surface area contributed by atoms with Gasteiger partial charge in [0.2, 0.25) is 11.8 Å². The summed E-state index contributed by atoms with van der Waals surface area (Å²) in [5.41, 5.74) is 0.454. The number of hydrogen-bond donors (Lipinski definition) is 2.